The summed E-state index contributed by atoms with van der Waals surface area (Å²) in [4.78, 5) is 0. The molecule has 34 valence electrons. The lowest BCUT2D eigenvalue weighted by Gasteiger charge is -2.12. The minimum atomic E-state index is -0.0417. The Morgan fingerprint density at radius 1 is 1.33 bits per heavy atom. The van der Waals surface area contributed by atoms with Gasteiger partial charge in [0.2, 0.25) is 0 Å². The van der Waals surface area contributed by atoms with Gasteiger partial charge in [0.25, 0.3) is 0 Å². The van der Waals surface area contributed by atoms with Crippen LogP contribution in [0.25, 0.3) is 0 Å². The van der Waals surface area contributed by atoms with Gasteiger partial charge in [0.1, 0.15) is 0 Å². The molecular weight excluding hydrogens is 72.1 g/mol. The van der Waals surface area contributed by atoms with Crippen LogP contribution in [0.15, 0.2) is 0 Å². The molecule has 0 aliphatic heterocycles. The van der Waals surface area contributed by atoms with Crippen molar-refractivity contribution in [1.29, 1.82) is 0 Å². The lowest BCUT2D eigenvalue weighted by atomic mass is 9.99. The van der Waals surface area contributed by atoms with Crippen molar-refractivity contribution in [3.63, 3.8) is 0 Å². The van der Waals surface area contributed by atoms with Crippen LogP contribution in [0.4, 0.5) is 0 Å². The predicted molar refractivity (Wildman–Crippen MR) is 26.6 cm³/mol. The van der Waals surface area contributed by atoms with Crippen molar-refractivity contribution in [1.82, 2.24) is 0 Å². The minimum Gasteiger partial charge on any atom is -0.693 e. The summed E-state index contributed by atoms with van der Waals surface area (Å²) >= 11 is 0. The third-order valence-corrected chi connectivity index (χ3v) is 0.375. The monoisotopic (exact) mass is 81.1 g/mol. The van der Waals surface area contributed by atoms with Crippen molar-refractivity contribution in [2.24, 2.45) is 5.41 Å². The Balaban J connectivity index is 3.55. The molecule has 0 aromatic rings. The summed E-state index contributed by atoms with van der Waals surface area (Å²) in [5, 5.41) is 0. The fraction of sp³-hybridized carbons (Fsp3) is 0.667. The lowest BCUT2D eigenvalue weighted by Crippen LogP contribution is -1.97. The van der Waals surface area contributed by atoms with Gasteiger partial charge < -0.3 is 12.3 Å². The highest BCUT2D eigenvalue weighted by Crippen LogP contribution is 2.08. The van der Waals surface area contributed by atoms with Gasteiger partial charge in [0, 0.05) is 0 Å². The molecule has 0 aromatic heterocycles. The van der Waals surface area contributed by atoms with E-state index in [4.69, 9.17) is 6.42 Å². The van der Waals surface area contributed by atoms with Crippen LogP contribution in [-0.2, 0) is 0 Å². The summed E-state index contributed by atoms with van der Waals surface area (Å²) in [5.74, 6) is 2.35. The Kier molecular flexibility index (Phi) is 1.24. The molecule has 0 atom stereocenters. The highest BCUT2D eigenvalue weighted by atomic mass is 14.0. The standard InChI is InChI=1S/C6H9/c1-5-6(2,3)4/h2-4H3/q-1. The summed E-state index contributed by atoms with van der Waals surface area (Å²) in [7, 11) is 0. The Morgan fingerprint density at radius 2 is 1.50 bits per heavy atom. The molecule has 0 fully saturated rings. The zero-order valence-corrected chi connectivity index (χ0v) is 4.50. The first-order valence-corrected chi connectivity index (χ1v) is 2.00. The van der Waals surface area contributed by atoms with Crippen LogP contribution in [0.1, 0.15) is 20.8 Å². The van der Waals surface area contributed by atoms with Crippen molar-refractivity contribution in [2.45, 2.75) is 20.8 Å². The van der Waals surface area contributed by atoms with E-state index in [1.807, 2.05) is 20.8 Å². The maximum Gasteiger partial charge on any atom is -0.0167 e. The average Bonchev–Trinajstić information content (AvgIpc) is 1.35. The van der Waals surface area contributed by atoms with E-state index in [1.165, 1.54) is 0 Å². The summed E-state index contributed by atoms with van der Waals surface area (Å²) in [6.07, 6.45) is 6.60. The van der Waals surface area contributed by atoms with Gasteiger partial charge in [-0.15, -0.1) is 0 Å². The Labute approximate surface area is 39.6 Å². The molecule has 0 amide bonds. The lowest BCUT2D eigenvalue weighted by molar-refractivity contribution is 0.570. The number of rotatable bonds is 0. The van der Waals surface area contributed by atoms with E-state index in [9.17, 15) is 0 Å². The molecular formula is C6H9-. The minimum absolute atomic E-state index is 0.0417. The average molecular weight is 81.1 g/mol. The van der Waals surface area contributed by atoms with E-state index in [0.717, 1.165) is 0 Å². The van der Waals surface area contributed by atoms with Gasteiger partial charge in [-0.2, -0.15) is 0 Å². The van der Waals surface area contributed by atoms with E-state index in [2.05, 4.69) is 5.92 Å². The SMILES string of the molecule is [C-]#CC(C)(C)C. The van der Waals surface area contributed by atoms with Gasteiger partial charge in [-0.05, 0) is 5.41 Å². The molecule has 0 aromatic carbocycles. The van der Waals surface area contributed by atoms with Crippen LogP contribution >= 0.6 is 0 Å². The van der Waals surface area contributed by atoms with Crippen molar-refractivity contribution >= 4 is 0 Å². The Bertz CT molecular complexity index is 67.0. The van der Waals surface area contributed by atoms with E-state index in [-0.39, 0.29) is 5.41 Å². The van der Waals surface area contributed by atoms with Crippen LogP contribution in [-0.4, -0.2) is 0 Å². The quantitative estimate of drug-likeness (QED) is 0.307. The van der Waals surface area contributed by atoms with Crippen LogP contribution in [0.5, 0.6) is 0 Å². The fourth-order valence-corrected chi connectivity index (χ4v) is 0. The molecule has 0 saturated heterocycles. The smallest absolute Gasteiger partial charge is 0.0167 e. The summed E-state index contributed by atoms with van der Waals surface area (Å²) < 4.78 is 0. The fourth-order valence-electron chi connectivity index (χ4n) is 0. The molecule has 0 heteroatoms. The highest BCUT2D eigenvalue weighted by Gasteiger charge is 1.95. The molecule has 0 rings (SSSR count). The van der Waals surface area contributed by atoms with Gasteiger partial charge >= 0.3 is 0 Å². The normalized spacial score (nSPS) is 10.3. The van der Waals surface area contributed by atoms with Crippen molar-refractivity contribution in [3.8, 4) is 5.92 Å². The molecule has 0 N–H and O–H groups in total. The molecule has 0 nitrogen and oxygen atoms in total. The second-order valence-corrected chi connectivity index (χ2v) is 2.38. The molecule has 0 radical (unpaired) electrons. The third-order valence-electron chi connectivity index (χ3n) is 0.375. The van der Waals surface area contributed by atoms with Crippen molar-refractivity contribution < 1.29 is 0 Å². The summed E-state index contributed by atoms with van der Waals surface area (Å²) in [6.45, 7) is 5.83. The van der Waals surface area contributed by atoms with E-state index < -0.39 is 0 Å². The summed E-state index contributed by atoms with van der Waals surface area (Å²) in [6, 6.07) is 0. The van der Waals surface area contributed by atoms with Gasteiger partial charge in [-0.3, -0.25) is 0 Å². The van der Waals surface area contributed by atoms with E-state index in [0.29, 0.717) is 0 Å². The van der Waals surface area contributed by atoms with Crippen LogP contribution in [0.2, 0.25) is 0 Å². The second kappa shape index (κ2) is 1.34. The maximum atomic E-state index is 6.60. The molecule has 0 bridgehead atoms. The number of hydrogen-bond acceptors (Lipinski definition) is 0. The molecule has 0 saturated carbocycles. The van der Waals surface area contributed by atoms with Crippen molar-refractivity contribution in [2.75, 3.05) is 0 Å². The van der Waals surface area contributed by atoms with Crippen LogP contribution < -0.4 is 0 Å². The first-order chi connectivity index (χ1) is 2.56. The second-order valence-electron chi connectivity index (χ2n) is 2.38. The molecule has 0 heterocycles. The first kappa shape index (κ1) is 5.56. The van der Waals surface area contributed by atoms with Gasteiger partial charge in [-0.1, -0.05) is 20.8 Å². The van der Waals surface area contributed by atoms with Crippen LogP contribution in [0, 0.1) is 17.8 Å². The topological polar surface area (TPSA) is 0 Å². The zero-order chi connectivity index (χ0) is 5.21. The Hall–Kier alpha value is -0.440. The third kappa shape index (κ3) is 3.56. The van der Waals surface area contributed by atoms with Gasteiger partial charge in [0.05, 0.1) is 0 Å². The van der Waals surface area contributed by atoms with Gasteiger partial charge in [-0.25, -0.2) is 0 Å². The molecule has 6 heavy (non-hydrogen) atoms. The maximum absolute atomic E-state index is 6.60. The van der Waals surface area contributed by atoms with E-state index in [1.54, 1.807) is 0 Å². The number of hydrogen-bond donors (Lipinski definition) is 0. The first-order valence-electron chi connectivity index (χ1n) is 2.00. The van der Waals surface area contributed by atoms with Crippen LogP contribution in [0.3, 0.4) is 0 Å². The zero-order valence-electron chi connectivity index (χ0n) is 4.50. The largest absolute Gasteiger partial charge is 0.693 e. The molecule has 0 spiro atoms. The molecule has 0 aliphatic carbocycles. The Morgan fingerprint density at radius 3 is 1.50 bits per heavy atom. The highest BCUT2D eigenvalue weighted by molar-refractivity contribution is 4.91. The van der Waals surface area contributed by atoms with Gasteiger partial charge in [0.15, 0.2) is 0 Å². The van der Waals surface area contributed by atoms with Crippen molar-refractivity contribution in [3.05, 3.63) is 6.42 Å². The molecule has 0 aliphatic rings. The van der Waals surface area contributed by atoms with E-state index >= 15 is 0 Å². The molecule has 0 unspecified atom stereocenters. The predicted octanol–water partition coefficient (Wildman–Crippen LogP) is 1.62. The summed E-state index contributed by atoms with van der Waals surface area (Å²) in [5.41, 5.74) is -0.0417.